The van der Waals surface area contributed by atoms with E-state index in [1.54, 1.807) is 12.1 Å². The van der Waals surface area contributed by atoms with Crippen LogP contribution in [0.15, 0.2) is 18.2 Å². The maximum atomic E-state index is 12.1. The average Bonchev–Trinajstić information content (AvgIpc) is 2.13. The molecule has 3 N–H and O–H groups in total. The van der Waals surface area contributed by atoms with E-state index in [1.807, 2.05) is 13.0 Å². The van der Waals surface area contributed by atoms with E-state index in [9.17, 15) is 4.79 Å². The van der Waals surface area contributed by atoms with Crippen molar-refractivity contribution in [1.29, 1.82) is 0 Å². The molecule has 0 radical (unpaired) electrons. The van der Waals surface area contributed by atoms with E-state index >= 15 is 0 Å². The second kappa shape index (κ2) is 4.78. The van der Waals surface area contributed by atoms with Gasteiger partial charge in [0.1, 0.15) is 0 Å². The van der Waals surface area contributed by atoms with Crippen molar-refractivity contribution in [3.8, 4) is 0 Å². The van der Waals surface area contributed by atoms with Gasteiger partial charge in [-0.05, 0) is 56.4 Å². The molecule has 1 atom stereocenters. The monoisotopic (exact) mass is 232 g/mol. The molecule has 92 valence electrons. The highest BCUT2D eigenvalue weighted by Crippen LogP contribution is 2.29. The Morgan fingerprint density at radius 3 is 2.71 bits per heavy atom. The van der Waals surface area contributed by atoms with E-state index in [1.165, 1.54) is 19.3 Å². The largest absolute Gasteiger partial charge is 0.399 e. The lowest BCUT2D eigenvalue weighted by molar-refractivity contribution is 0.0908. The van der Waals surface area contributed by atoms with Crippen molar-refractivity contribution in [1.82, 2.24) is 5.32 Å². The maximum absolute atomic E-state index is 12.1. The normalized spacial score (nSPS) is 17.3. The predicted molar refractivity (Wildman–Crippen MR) is 69.9 cm³/mol. The molecule has 0 aromatic heterocycles. The third-order valence-corrected chi connectivity index (χ3v) is 3.71. The van der Waals surface area contributed by atoms with Crippen LogP contribution in [0.4, 0.5) is 5.69 Å². The molecule has 1 aromatic carbocycles. The number of anilines is 1. The minimum Gasteiger partial charge on any atom is -0.399 e. The second-order valence-electron chi connectivity index (χ2n) is 5.03. The maximum Gasteiger partial charge on any atom is 0.251 e. The number of nitrogens with two attached hydrogens (primary N) is 1. The summed E-state index contributed by atoms with van der Waals surface area (Å²) in [6.07, 6.45) is 3.77. The Kier molecular flexibility index (Phi) is 3.36. The molecule has 1 amide bonds. The first-order valence-electron chi connectivity index (χ1n) is 6.25. The van der Waals surface area contributed by atoms with Crippen molar-refractivity contribution in [3.05, 3.63) is 29.3 Å². The van der Waals surface area contributed by atoms with Crippen molar-refractivity contribution in [2.24, 2.45) is 5.92 Å². The molecule has 3 heteroatoms. The van der Waals surface area contributed by atoms with Crippen LogP contribution in [0, 0.1) is 12.8 Å². The lowest BCUT2D eigenvalue weighted by Gasteiger charge is -2.32. The summed E-state index contributed by atoms with van der Waals surface area (Å²) >= 11 is 0. The molecule has 0 bridgehead atoms. The number of amides is 1. The van der Waals surface area contributed by atoms with E-state index < -0.39 is 0 Å². The topological polar surface area (TPSA) is 55.1 Å². The van der Waals surface area contributed by atoms with Gasteiger partial charge in [0, 0.05) is 17.3 Å². The van der Waals surface area contributed by atoms with Gasteiger partial charge in [-0.3, -0.25) is 4.79 Å². The lowest BCUT2D eigenvalue weighted by atomic mass is 9.80. The van der Waals surface area contributed by atoms with Gasteiger partial charge in [0.2, 0.25) is 0 Å². The summed E-state index contributed by atoms with van der Waals surface area (Å²) in [7, 11) is 0. The Hall–Kier alpha value is -1.51. The van der Waals surface area contributed by atoms with Gasteiger partial charge in [-0.2, -0.15) is 0 Å². The van der Waals surface area contributed by atoms with Gasteiger partial charge >= 0.3 is 0 Å². The number of aryl methyl sites for hydroxylation is 1. The highest BCUT2D eigenvalue weighted by molar-refractivity contribution is 5.96. The number of benzene rings is 1. The molecule has 0 spiro atoms. The Labute approximate surface area is 102 Å². The highest BCUT2D eigenvalue weighted by atomic mass is 16.1. The zero-order valence-electron chi connectivity index (χ0n) is 10.5. The first kappa shape index (κ1) is 12.0. The minimum atomic E-state index is 0.0156. The molecule has 0 heterocycles. The fraction of sp³-hybridized carbons (Fsp3) is 0.500. The third-order valence-electron chi connectivity index (χ3n) is 3.71. The van der Waals surface area contributed by atoms with E-state index in [2.05, 4.69) is 12.2 Å². The molecule has 17 heavy (non-hydrogen) atoms. The van der Waals surface area contributed by atoms with Crippen LogP contribution in [0.5, 0.6) is 0 Å². The van der Waals surface area contributed by atoms with Crippen LogP contribution in [-0.2, 0) is 0 Å². The summed E-state index contributed by atoms with van der Waals surface area (Å²) in [6.45, 7) is 4.01. The Morgan fingerprint density at radius 2 is 2.18 bits per heavy atom. The van der Waals surface area contributed by atoms with Gasteiger partial charge < -0.3 is 11.1 Å². The Bertz CT molecular complexity index is 424. The van der Waals surface area contributed by atoms with E-state index in [4.69, 9.17) is 5.73 Å². The quantitative estimate of drug-likeness (QED) is 0.787. The molecule has 1 aromatic rings. The Balaban J connectivity index is 2.03. The van der Waals surface area contributed by atoms with Crippen molar-refractivity contribution in [3.63, 3.8) is 0 Å². The zero-order valence-corrected chi connectivity index (χ0v) is 10.5. The number of carbonyl (C=O) groups is 1. The SMILES string of the molecule is Cc1cc(N)ccc1C(=O)NC(C)C1CCC1. The summed E-state index contributed by atoms with van der Waals surface area (Å²) in [6, 6.07) is 5.68. The van der Waals surface area contributed by atoms with Crippen LogP contribution in [0.25, 0.3) is 0 Å². The smallest absolute Gasteiger partial charge is 0.251 e. The number of carbonyl (C=O) groups excluding carboxylic acids is 1. The van der Waals surface area contributed by atoms with E-state index in [0.29, 0.717) is 11.6 Å². The van der Waals surface area contributed by atoms with Crippen LogP contribution in [-0.4, -0.2) is 11.9 Å². The molecule has 0 aliphatic heterocycles. The third kappa shape index (κ3) is 2.60. The zero-order chi connectivity index (χ0) is 12.4. The van der Waals surface area contributed by atoms with E-state index in [0.717, 1.165) is 11.1 Å². The molecule has 2 rings (SSSR count). The first-order chi connectivity index (χ1) is 8.08. The number of nitrogens with one attached hydrogen (secondary N) is 1. The van der Waals surface area contributed by atoms with Gasteiger partial charge in [-0.25, -0.2) is 0 Å². The summed E-state index contributed by atoms with van der Waals surface area (Å²) in [5.41, 5.74) is 8.04. The number of nitrogen functional groups attached to an aromatic ring is 1. The van der Waals surface area contributed by atoms with Crippen LogP contribution in [0.3, 0.4) is 0 Å². The molecule has 1 aliphatic carbocycles. The molecule has 3 nitrogen and oxygen atoms in total. The van der Waals surface area contributed by atoms with Crippen molar-refractivity contribution >= 4 is 11.6 Å². The average molecular weight is 232 g/mol. The van der Waals surface area contributed by atoms with Gasteiger partial charge in [0.05, 0.1) is 0 Å². The van der Waals surface area contributed by atoms with E-state index in [-0.39, 0.29) is 11.9 Å². The number of rotatable bonds is 3. The molecule has 1 saturated carbocycles. The van der Waals surface area contributed by atoms with Gasteiger partial charge in [0.25, 0.3) is 5.91 Å². The fourth-order valence-corrected chi connectivity index (χ4v) is 2.28. The summed E-state index contributed by atoms with van der Waals surface area (Å²) in [4.78, 5) is 12.1. The van der Waals surface area contributed by atoms with Crippen LogP contribution in [0.1, 0.15) is 42.1 Å². The molecular weight excluding hydrogens is 212 g/mol. The highest BCUT2D eigenvalue weighted by Gasteiger charge is 2.25. The molecule has 0 saturated heterocycles. The molecule has 1 unspecified atom stereocenters. The first-order valence-corrected chi connectivity index (χ1v) is 6.25. The number of hydrogen-bond acceptors (Lipinski definition) is 2. The van der Waals surface area contributed by atoms with Crippen molar-refractivity contribution in [2.45, 2.75) is 39.2 Å². The van der Waals surface area contributed by atoms with Gasteiger partial charge in [-0.15, -0.1) is 0 Å². The lowest BCUT2D eigenvalue weighted by Crippen LogP contribution is -2.40. The predicted octanol–water partition coefficient (Wildman–Crippen LogP) is 2.50. The molecule has 1 aliphatic rings. The van der Waals surface area contributed by atoms with Gasteiger partial charge in [-0.1, -0.05) is 6.42 Å². The van der Waals surface area contributed by atoms with Crippen LogP contribution < -0.4 is 11.1 Å². The van der Waals surface area contributed by atoms with Gasteiger partial charge in [0.15, 0.2) is 0 Å². The number of hydrogen-bond donors (Lipinski definition) is 2. The molecular formula is C14H20N2O. The standard InChI is InChI=1S/C14H20N2O/c1-9-8-12(15)6-7-13(9)14(17)16-10(2)11-4-3-5-11/h6-8,10-11H,3-5,15H2,1-2H3,(H,16,17). The fourth-order valence-electron chi connectivity index (χ4n) is 2.28. The molecule has 1 fully saturated rings. The Morgan fingerprint density at radius 1 is 1.47 bits per heavy atom. The second-order valence-corrected chi connectivity index (χ2v) is 5.03. The van der Waals surface area contributed by atoms with Crippen molar-refractivity contribution in [2.75, 3.05) is 5.73 Å². The minimum absolute atomic E-state index is 0.0156. The van der Waals surface area contributed by atoms with Crippen LogP contribution in [0.2, 0.25) is 0 Å². The summed E-state index contributed by atoms with van der Waals surface area (Å²) in [5.74, 6) is 0.676. The van der Waals surface area contributed by atoms with Crippen molar-refractivity contribution < 1.29 is 4.79 Å². The summed E-state index contributed by atoms with van der Waals surface area (Å²) in [5, 5.41) is 3.08. The summed E-state index contributed by atoms with van der Waals surface area (Å²) < 4.78 is 0. The van der Waals surface area contributed by atoms with Crippen LogP contribution >= 0.6 is 0 Å².